The fourth-order valence-corrected chi connectivity index (χ4v) is 3.96. The van der Waals surface area contributed by atoms with E-state index in [0.29, 0.717) is 19.5 Å². The molecule has 0 radical (unpaired) electrons. The Morgan fingerprint density at radius 1 is 1.31 bits per heavy atom. The molecule has 4 heterocycles. The predicted molar refractivity (Wildman–Crippen MR) is 93.6 cm³/mol. The molecule has 4 rings (SSSR count). The zero-order valence-electron chi connectivity index (χ0n) is 14.7. The average molecular weight is 375 g/mol. The van der Waals surface area contributed by atoms with Gasteiger partial charge in [-0.05, 0) is 30.8 Å². The van der Waals surface area contributed by atoms with Gasteiger partial charge in [-0.2, -0.15) is 0 Å². The Bertz CT molecular complexity index is 873. The molecule has 0 aliphatic carbocycles. The number of aromatic nitrogens is 4. The summed E-state index contributed by atoms with van der Waals surface area (Å²) in [6, 6.07) is 5.84. The molecule has 0 unspecified atom stereocenters. The van der Waals surface area contributed by atoms with Crippen LogP contribution in [0.1, 0.15) is 17.2 Å². The standard InChI is InChI=1S/C17H21N5O3S/c1-11-5-14(25-20-11)6-12-7-22(9-15(12)23)8-13-3-4-16(24-13)26-17-19-18-10-21(17)2/h3-5,10,12,15,23H,6-9H2,1-2H3/t12-,15+/m1/s1. The molecule has 8 nitrogen and oxygen atoms in total. The highest BCUT2D eigenvalue weighted by molar-refractivity contribution is 7.99. The summed E-state index contributed by atoms with van der Waals surface area (Å²) in [6.45, 7) is 4.00. The number of furan rings is 1. The lowest BCUT2D eigenvalue weighted by molar-refractivity contribution is 0.136. The minimum Gasteiger partial charge on any atom is -0.453 e. The van der Waals surface area contributed by atoms with Crippen molar-refractivity contribution in [3.05, 3.63) is 41.7 Å². The van der Waals surface area contributed by atoms with Crippen molar-refractivity contribution in [3.63, 3.8) is 0 Å². The molecule has 0 saturated carbocycles. The summed E-state index contributed by atoms with van der Waals surface area (Å²) in [6.07, 6.45) is 1.99. The summed E-state index contributed by atoms with van der Waals surface area (Å²) in [5, 5.41) is 23.7. The molecule has 2 atom stereocenters. The third-order valence-electron chi connectivity index (χ3n) is 4.50. The number of hydrogen-bond donors (Lipinski definition) is 1. The van der Waals surface area contributed by atoms with Gasteiger partial charge in [0.25, 0.3) is 0 Å². The first kappa shape index (κ1) is 17.3. The van der Waals surface area contributed by atoms with Crippen LogP contribution in [0.25, 0.3) is 0 Å². The highest BCUT2D eigenvalue weighted by Crippen LogP contribution is 2.29. The lowest BCUT2D eigenvalue weighted by Gasteiger charge is -2.13. The second-order valence-electron chi connectivity index (χ2n) is 6.71. The van der Waals surface area contributed by atoms with E-state index in [2.05, 4.69) is 20.3 Å². The number of nitrogens with zero attached hydrogens (tertiary/aromatic N) is 5. The van der Waals surface area contributed by atoms with Crippen LogP contribution in [-0.4, -0.2) is 49.1 Å². The summed E-state index contributed by atoms with van der Waals surface area (Å²) < 4.78 is 13.0. The molecule has 0 amide bonds. The third-order valence-corrected chi connectivity index (χ3v) is 5.47. The van der Waals surface area contributed by atoms with Crippen LogP contribution in [0.15, 0.2) is 43.7 Å². The Morgan fingerprint density at radius 3 is 2.92 bits per heavy atom. The van der Waals surface area contributed by atoms with E-state index in [-0.39, 0.29) is 12.0 Å². The third kappa shape index (κ3) is 3.84. The maximum atomic E-state index is 10.4. The van der Waals surface area contributed by atoms with Crippen molar-refractivity contribution in [2.24, 2.45) is 13.0 Å². The highest BCUT2D eigenvalue weighted by atomic mass is 32.2. The first-order chi connectivity index (χ1) is 12.6. The van der Waals surface area contributed by atoms with E-state index in [1.807, 2.05) is 36.7 Å². The number of aliphatic hydroxyl groups excluding tert-OH is 1. The Hall–Kier alpha value is -2.10. The number of hydrogen-bond acceptors (Lipinski definition) is 8. The van der Waals surface area contributed by atoms with Gasteiger partial charge in [0.15, 0.2) is 10.2 Å². The van der Waals surface area contributed by atoms with Crippen molar-refractivity contribution in [2.75, 3.05) is 13.1 Å². The zero-order valence-corrected chi connectivity index (χ0v) is 15.5. The predicted octanol–water partition coefficient (Wildman–Crippen LogP) is 1.89. The van der Waals surface area contributed by atoms with Gasteiger partial charge in [0.2, 0.25) is 0 Å². The molecule has 0 aromatic carbocycles. The highest BCUT2D eigenvalue weighted by Gasteiger charge is 2.32. The Morgan fingerprint density at radius 2 is 2.19 bits per heavy atom. The quantitative estimate of drug-likeness (QED) is 0.698. The topological polar surface area (TPSA) is 93.4 Å². The lowest BCUT2D eigenvalue weighted by atomic mass is 10.0. The first-order valence-corrected chi connectivity index (χ1v) is 9.31. The number of aryl methyl sites for hydroxylation is 2. The van der Waals surface area contributed by atoms with Gasteiger partial charge in [-0.25, -0.2) is 0 Å². The van der Waals surface area contributed by atoms with Crippen LogP contribution in [0, 0.1) is 12.8 Å². The van der Waals surface area contributed by atoms with E-state index in [0.717, 1.165) is 34.0 Å². The zero-order chi connectivity index (χ0) is 18.1. The van der Waals surface area contributed by atoms with E-state index in [9.17, 15) is 5.11 Å². The summed E-state index contributed by atoms with van der Waals surface area (Å²) >= 11 is 1.44. The van der Waals surface area contributed by atoms with Gasteiger partial charge in [0.1, 0.15) is 17.8 Å². The Balaban J connectivity index is 1.34. The van der Waals surface area contributed by atoms with E-state index < -0.39 is 0 Å². The van der Waals surface area contributed by atoms with Gasteiger partial charge in [-0.15, -0.1) is 10.2 Å². The Kier molecular flexibility index (Phi) is 4.84. The first-order valence-electron chi connectivity index (χ1n) is 8.50. The fraction of sp³-hybridized carbons (Fsp3) is 0.471. The van der Waals surface area contributed by atoms with Gasteiger partial charge < -0.3 is 18.6 Å². The number of aliphatic hydroxyl groups is 1. The lowest BCUT2D eigenvalue weighted by Crippen LogP contribution is -2.21. The molecule has 1 aliphatic rings. The molecular weight excluding hydrogens is 354 g/mol. The number of β-amino-alcohol motifs (C(OH)–C–C–N with tert-alkyl or cyclic N) is 1. The summed E-state index contributed by atoms with van der Waals surface area (Å²) in [7, 11) is 1.90. The molecule has 0 bridgehead atoms. The number of likely N-dealkylation sites (tertiary alicyclic amines) is 1. The largest absolute Gasteiger partial charge is 0.453 e. The van der Waals surface area contributed by atoms with Crippen molar-refractivity contribution in [1.82, 2.24) is 24.8 Å². The van der Waals surface area contributed by atoms with Gasteiger partial charge in [-0.3, -0.25) is 4.90 Å². The second kappa shape index (κ2) is 7.26. The van der Waals surface area contributed by atoms with Crippen molar-refractivity contribution in [2.45, 2.75) is 36.2 Å². The van der Waals surface area contributed by atoms with Crippen LogP contribution in [0.3, 0.4) is 0 Å². The molecule has 3 aromatic rings. The molecule has 138 valence electrons. The monoisotopic (exact) mass is 375 g/mol. The molecule has 3 aromatic heterocycles. The van der Waals surface area contributed by atoms with Crippen LogP contribution in [0.4, 0.5) is 0 Å². The SMILES string of the molecule is Cc1cc(C[C@@H]2CN(Cc3ccc(Sc4nncn4C)o3)C[C@@H]2O)on1. The van der Waals surface area contributed by atoms with E-state index >= 15 is 0 Å². The maximum absolute atomic E-state index is 10.4. The molecule has 1 saturated heterocycles. The van der Waals surface area contributed by atoms with Crippen molar-refractivity contribution >= 4 is 11.8 Å². The maximum Gasteiger partial charge on any atom is 0.198 e. The summed E-state index contributed by atoms with van der Waals surface area (Å²) in [4.78, 5) is 2.20. The van der Waals surface area contributed by atoms with Crippen LogP contribution >= 0.6 is 11.8 Å². The fourth-order valence-electron chi connectivity index (χ4n) is 3.22. The van der Waals surface area contributed by atoms with Crippen LogP contribution < -0.4 is 0 Å². The molecule has 1 fully saturated rings. The minimum absolute atomic E-state index is 0.143. The summed E-state index contributed by atoms with van der Waals surface area (Å²) in [5.74, 6) is 1.84. The summed E-state index contributed by atoms with van der Waals surface area (Å²) in [5.41, 5.74) is 0.868. The normalized spacial score (nSPS) is 20.9. The molecule has 26 heavy (non-hydrogen) atoms. The average Bonchev–Trinajstić information content (AvgIpc) is 3.35. The van der Waals surface area contributed by atoms with Gasteiger partial charge in [0.05, 0.1) is 18.3 Å². The smallest absolute Gasteiger partial charge is 0.198 e. The number of rotatable bonds is 6. The molecule has 1 aliphatic heterocycles. The minimum atomic E-state index is -0.372. The van der Waals surface area contributed by atoms with Crippen LogP contribution in [0.5, 0.6) is 0 Å². The second-order valence-corrected chi connectivity index (χ2v) is 7.68. The van der Waals surface area contributed by atoms with Crippen LogP contribution in [0.2, 0.25) is 0 Å². The van der Waals surface area contributed by atoms with Gasteiger partial charge in [0, 0.05) is 38.5 Å². The van der Waals surface area contributed by atoms with E-state index in [1.54, 1.807) is 6.33 Å². The Labute approximate surface area is 155 Å². The van der Waals surface area contributed by atoms with Gasteiger partial charge in [-0.1, -0.05) is 5.16 Å². The van der Waals surface area contributed by atoms with Crippen molar-refractivity contribution < 1.29 is 14.0 Å². The van der Waals surface area contributed by atoms with Crippen molar-refractivity contribution in [1.29, 1.82) is 0 Å². The van der Waals surface area contributed by atoms with E-state index in [1.165, 1.54) is 11.8 Å². The molecule has 0 spiro atoms. The molecule has 9 heteroatoms. The molecular formula is C17H21N5O3S. The van der Waals surface area contributed by atoms with Crippen LogP contribution in [-0.2, 0) is 20.0 Å². The van der Waals surface area contributed by atoms with Gasteiger partial charge >= 0.3 is 0 Å². The molecule has 1 N–H and O–H groups in total. The van der Waals surface area contributed by atoms with E-state index in [4.69, 9.17) is 8.94 Å². The van der Waals surface area contributed by atoms with Crippen molar-refractivity contribution in [3.8, 4) is 0 Å².